The van der Waals surface area contributed by atoms with Crippen molar-refractivity contribution in [2.24, 2.45) is 5.73 Å². The van der Waals surface area contributed by atoms with E-state index in [0.29, 0.717) is 0 Å². The van der Waals surface area contributed by atoms with E-state index in [0.717, 1.165) is 23.8 Å². The van der Waals surface area contributed by atoms with Gasteiger partial charge in [-0.05, 0) is 35.7 Å². The molecule has 0 bridgehead atoms. The van der Waals surface area contributed by atoms with Gasteiger partial charge in [-0.1, -0.05) is 30.3 Å². The van der Waals surface area contributed by atoms with Crippen LogP contribution in [0.25, 0.3) is 0 Å². The highest BCUT2D eigenvalue weighted by Gasteiger charge is 2.18. The van der Waals surface area contributed by atoms with Crippen LogP contribution in [0.1, 0.15) is 17.5 Å². The van der Waals surface area contributed by atoms with E-state index in [2.05, 4.69) is 5.32 Å². The lowest BCUT2D eigenvalue weighted by molar-refractivity contribution is -0.127. The zero-order valence-electron chi connectivity index (χ0n) is 13.0. The van der Waals surface area contributed by atoms with Gasteiger partial charge in [0.05, 0.1) is 0 Å². The zero-order chi connectivity index (χ0) is 17.5. The standard InChI is InChI=1S/C18H18F2N2O2/c19-14-7-8-15(20)13(11-14)6-9-17(23)22-16(18(21)24)10-12-4-2-1-3-5-12/h1-5,7-8,11,16H,6,9-10H2,(H2,21,24)(H,22,23)/t16-/m1/s1. The first-order valence-corrected chi connectivity index (χ1v) is 7.52. The largest absolute Gasteiger partial charge is 0.368 e. The summed E-state index contributed by atoms with van der Waals surface area (Å²) in [5.74, 6) is -2.23. The van der Waals surface area contributed by atoms with Gasteiger partial charge in [0.15, 0.2) is 0 Å². The van der Waals surface area contributed by atoms with Crippen molar-refractivity contribution in [2.45, 2.75) is 25.3 Å². The summed E-state index contributed by atoms with van der Waals surface area (Å²) in [6.07, 6.45) is 0.238. The first-order valence-electron chi connectivity index (χ1n) is 7.52. The molecule has 0 aliphatic carbocycles. The van der Waals surface area contributed by atoms with E-state index in [1.165, 1.54) is 0 Å². The summed E-state index contributed by atoms with van der Waals surface area (Å²) in [4.78, 5) is 23.5. The second-order valence-corrected chi connectivity index (χ2v) is 5.45. The molecule has 2 amide bonds. The average Bonchev–Trinajstić information content (AvgIpc) is 2.56. The number of benzene rings is 2. The van der Waals surface area contributed by atoms with Crippen molar-refractivity contribution < 1.29 is 18.4 Å². The molecule has 0 unspecified atom stereocenters. The fourth-order valence-corrected chi connectivity index (χ4v) is 2.32. The van der Waals surface area contributed by atoms with Crippen LogP contribution < -0.4 is 11.1 Å². The van der Waals surface area contributed by atoms with Gasteiger partial charge in [-0.2, -0.15) is 0 Å². The Bertz CT molecular complexity index is 720. The Kier molecular flexibility index (Phi) is 6.01. The SMILES string of the molecule is NC(=O)[C@@H](Cc1ccccc1)NC(=O)CCc1cc(F)ccc1F. The van der Waals surface area contributed by atoms with Crippen LogP contribution in [0.3, 0.4) is 0 Å². The molecular weight excluding hydrogens is 314 g/mol. The number of halogens is 2. The highest BCUT2D eigenvalue weighted by molar-refractivity contribution is 5.86. The summed E-state index contributed by atoms with van der Waals surface area (Å²) >= 11 is 0. The van der Waals surface area contributed by atoms with Crippen LogP contribution in [0.2, 0.25) is 0 Å². The molecule has 2 aromatic carbocycles. The lowest BCUT2D eigenvalue weighted by Crippen LogP contribution is -2.45. The molecule has 1 atom stereocenters. The van der Waals surface area contributed by atoms with E-state index < -0.39 is 29.5 Å². The number of amides is 2. The van der Waals surface area contributed by atoms with Crippen molar-refractivity contribution in [3.63, 3.8) is 0 Å². The van der Waals surface area contributed by atoms with Gasteiger partial charge in [0.25, 0.3) is 0 Å². The first kappa shape index (κ1) is 17.6. The van der Waals surface area contributed by atoms with Gasteiger partial charge in [0.1, 0.15) is 17.7 Å². The van der Waals surface area contributed by atoms with Crippen molar-refractivity contribution in [1.29, 1.82) is 0 Å². The third kappa shape index (κ3) is 5.15. The van der Waals surface area contributed by atoms with E-state index in [1.807, 2.05) is 30.3 Å². The second-order valence-electron chi connectivity index (χ2n) is 5.45. The van der Waals surface area contributed by atoms with E-state index in [4.69, 9.17) is 5.73 Å². The quantitative estimate of drug-likeness (QED) is 0.815. The number of nitrogens with one attached hydrogen (secondary N) is 1. The van der Waals surface area contributed by atoms with Gasteiger partial charge < -0.3 is 11.1 Å². The minimum atomic E-state index is -0.850. The second kappa shape index (κ2) is 8.19. The fraction of sp³-hybridized carbons (Fsp3) is 0.222. The molecule has 0 aromatic heterocycles. The molecule has 2 rings (SSSR count). The van der Waals surface area contributed by atoms with Crippen molar-refractivity contribution >= 4 is 11.8 Å². The lowest BCUT2D eigenvalue weighted by Gasteiger charge is -2.15. The molecule has 3 N–H and O–H groups in total. The molecule has 6 heteroatoms. The monoisotopic (exact) mass is 332 g/mol. The lowest BCUT2D eigenvalue weighted by atomic mass is 10.0. The molecule has 0 saturated carbocycles. The highest BCUT2D eigenvalue weighted by atomic mass is 19.1. The van der Waals surface area contributed by atoms with E-state index in [9.17, 15) is 18.4 Å². The van der Waals surface area contributed by atoms with Crippen molar-refractivity contribution in [3.8, 4) is 0 Å². The van der Waals surface area contributed by atoms with Crippen LogP contribution in [0.15, 0.2) is 48.5 Å². The summed E-state index contributed by atoms with van der Waals surface area (Å²) in [6.45, 7) is 0. The smallest absolute Gasteiger partial charge is 0.240 e. The predicted molar refractivity (Wildman–Crippen MR) is 86.0 cm³/mol. The summed E-state index contributed by atoms with van der Waals surface area (Å²) < 4.78 is 26.6. The summed E-state index contributed by atoms with van der Waals surface area (Å²) in [6, 6.07) is 11.4. The van der Waals surface area contributed by atoms with Crippen LogP contribution in [-0.2, 0) is 22.4 Å². The van der Waals surface area contributed by atoms with Crippen LogP contribution in [-0.4, -0.2) is 17.9 Å². The molecule has 0 spiro atoms. The minimum absolute atomic E-state index is 0.0340. The predicted octanol–water partition coefficient (Wildman–Crippen LogP) is 2.11. The first-order chi connectivity index (χ1) is 11.5. The number of carbonyl (C=O) groups excluding carboxylic acids is 2. The summed E-state index contributed by atoms with van der Waals surface area (Å²) in [7, 11) is 0. The van der Waals surface area contributed by atoms with Crippen LogP contribution in [0.5, 0.6) is 0 Å². The Morgan fingerprint density at radius 1 is 1.08 bits per heavy atom. The maximum Gasteiger partial charge on any atom is 0.240 e. The molecular formula is C18H18F2N2O2. The summed E-state index contributed by atoms with van der Waals surface area (Å²) in [5, 5.41) is 2.54. The molecule has 24 heavy (non-hydrogen) atoms. The summed E-state index contributed by atoms with van der Waals surface area (Å²) in [5.41, 5.74) is 6.29. The number of nitrogens with two attached hydrogens (primary N) is 1. The Labute approximate surface area is 138 Å². The molecule has 4 nitrogen and oxygen atoms in total. The van der Waals surface area contributed by atoms with Crippen molar-refractivity contribution in [1.82, 2.24) is 5.32 Å². The van der Waals surface area contributed by atoms with Gasteiger partial charge in [0, 0.05) is 12.8 Å². The van der Waals surface area contributed by atoms with Gasteiger partial charge in [-0.3, -0.25) is 9.59 Å². The van der Waals surface area contributed by atoms with E-state index in [1.54, 1.807) is 0 Å². The molecule has 0 saturated heterocycles. The number of hydrogen-bond donors (Lipinski definition) is 2. The average molecular weight is 332 g/mol. The van der Waals surface area contributed by atoms with Crippen LogP contribution in [0, 0.1) is 11.6 Å². The molecule has 0 heterocycles. The number of primary amides is 1. The molecule has 2 aromatic rings. The van der Waals surface area contributed by atoms with Gasteiger partial charge in [0.2, 0.25) is 11.8 Å². The van der Waals surface area contributed by atoms with Gasteiger partial charge in [-0.15, -0.1) is 0 Å². The number of aryl methyl sites for hydroxylation is 1. The normalized spacial score (nSPS) is 11.8. The molecule has 0 aliphatic heterocycles. The van der Waals surface area contributed by atoms with Crippen molar-refractivity contribution in [2.75, 3.05) is 0 Å². The van der Waals surface area contributed by atoms with Gasteiger partial charge >= 0.3 is 0 Å². The van der Waals surface area contributed by atoms with Crippen molar-refractivity contribution in [3.05, 3.63) is 71.3 Å². The highest BCUT2D eigenvalue weighted by Crippen LogP contribution is 2.12. The number of hydrogen-bond acceptors (Lipinski definition) is 2. The number of carbonyl (C=O) groups is 2. The van der Waals surface area contributed by atoms with Gasteiger partial charge in [-0.25, -0.2) is 8.78 Å². The maximum atomic E-state index is 13.5. The minimum Gasteiger partial charge on any atom is -0.368 e. The number of rotatable bonds is 7. The maximum absolute atomic E-state index is 13.5. The molecule has 0 fully saturated rings. The zero-order valence-corrected chi connectivity index (χ0v) is 13.0. The Morgan fingerprint density at radius 3 is 2.46 bits per heavy atom. The van der Waals surface area contributed by atoms with E-state index >= 15 is 0 Å². The molecule has 0 aliphatic rings. The third-order valence-corrected chi connectivity index (χ3v) is 3.59. The van der Waals surface area contributed by atoms with Crippen LogP contribution in [0.4, 0.5) is 8.78 Å². The molecule has 0 radical (unpaired) electrons. The topological polar surface area (TPSA) is 72.2 Å². The molecule has 126 valence electrons. The van der Waals surface area contributed by atoms with Crippen LogP contribution >= 0.6 is 0 Å². The fourth-order valence-electron chi connectivity index (χ4n) is 2.32. The Hall–Kier alpha value is -2.76. The third-order valence-electron chi connectivity index (χ3n) is 3.59. The van der Waals surface area contributed by atoms with E-state index in [-0.39, 0.29) is 24.8 Å². The Balaban J connectivity index is 1.93. The Morgan fingerprint density at radius 2 is 1.79 bits per heavy atom.